The van der Waals surface area contributed by atoms with E-state index in [9.17, 15) is 50.5 Å². The Morgan fingerprint density at radius 3 is 0.711 bits per heavy atom. The molecule has 0 spiro atoms. The van der Waals surface area contributed by atoms with E-state index < -0.39 is 99.0 Å². The molecular formula is C15H24O24S6. The second-order valence-corrected chi connectivity index (χ2v) is 16.4. The summed E-state index contributed by atoms with van der Waals surface area (Å²) in [7, 11) is -24.1. The van der Waals surface area contributed by atoms with Crippen molar-refractivity contribution in [2.45, 2.75) is 55.9 Å². The minimum absolute atomic E-state index is 0.0479. The van der Waals surface area contributed by atoms with Crippen LogP contribution in [0.25, 0.3) is 0 Å². The molecule has 6 aliphatic heterocycles. The molecule has 0 amide bonds. The highest BCUT2D eigenvalue weighted by Crippen LogP contribution is 2.27. The topological polar surface area (TPSA) is 316 Å². The number of hydrogen-bond donors (Lipinski definition) is 0. The highest BCUT2D eigenvalue weighted by Gasteiger charge is 2.44. The van der Waals surface area contributed by atoms with Crippen LogP contribution in [0, 0.1) is 0 Å². The maximum absolute atomic E-state index is 11.0. The number of rotatable bonds is 3. The van der Waals surface area contributed by atoms with Crippen molar-refractivity contribution in [3.63, 3.8) is 0 Å². The van der Waals surface area contributed by atoms with Crippen LogP contribution in [0.15, 0.2) is 0 Å². The maximum atomic E-state index is 11.0. The first-order valence-corrected chi connectivity index (χ1v) is 20.1. The van der Waals surface area contributed by atoms with Gasteiger partial charge in [-0.05, 0) is 0 Å². The molecule has 0 bridgehead atoms. The van der Waals surface area contributed by atoms with E-state index >= 15 is 0 Å². The van der Waals surface area contributed by atoms with Crippen molar-refractivity contribution in [2.75, 3.05) is 39.6 Å². The molecular weight excluding hydrogens is 757 g/mol. The summed E-state index contributed by atoms with van der Waals surface area (Å²) in [6, 6.07) is 0. The molecule has 24 nitrogen and oxygen atoms in total. The molecule has 6 atom stereocenters. The van der Waals surface area contributed by atoms with E-state index in [4.69, 9.17) is 0 Å². The monoisotopic (exact) mass is 780 g/mol. The van der Waals surface area contributed by atoms with Crippen LogP contribution in [-0.2, 0) is 113 Å². The molecule has 0 saturated carbocycles. The van der Waals surface area contributed by atoms with E-state index in [-0.39, 0.29) is 58.9 Å². The minimum atomic E-state index is -4.04. The van der Waals surface area contributed by atoms with Gasteiger partial charge in [0, 0.05) is 19.3 Å². The van der Waals surface area contributed by atoms with Gasteiger partial charge in [0.2, 0.25) is 0 Å². The lowest BCUT2D eigenvalue weighted by Crippen LogP contribution is -2.43. The van der Waals surface area contributed by atoms with Crippen LogP contribution < -0.4 is 0 Å². The lowest BCUT2D eigenvalue weighted by atomic mass is 10.1. The second kappa shape index (κ2) is 14.0. The first-order chi connectivity index (χ1) is 20.6. The van der Waals surface area contributed by atoms with Gasteiger partial charge in [0.25, 0.3) is 0 Å². The summed E-state index contributed by atoms with van der Waals surface area (Å²) in [6.45, 7) is -0.950. The van der Waals surface area contributed by atoms with E-state index in [1.165, 1.54) is 0 Å². The van der Waals surface area contributed by atoms with Crippen LogP contribution in [0.2, 0.25) is 0 Å². The molecule has 0 radical (unpaired) electrons. The molecule has 6 rings (SSSR count). The molecule has 6 heterocycles. The smallest absolute Gasteiger partial charge is 0.248 e. The van der Waals surface area contributed by atoms with Crippen LogP contribution >= 0.6 is 0 Å². The quantitative estimate of drug-likeness (QED) is 0.264. The van der Waals surface area contributed by atoms with Gasteiger partial charge in [0.05, 0.1) is 39.6 Å². The molecule has 264 valence electrons. The zero-order chi connectivity index (χ0) is 33.3. The lowest BCUT2D eigenvalue weighted by molar-refractivity contribution is -0.0211. The van der Waals surface area contributed by atoms with Gasteiger partial charge in [-0.3, -0.25) is 0 Å². The normalized spacial score (nSPS) is 38.9. The summed E-state index contributed by atoms with van der Waals surface area (Å²) in [6.07, 6.45) is -4.75. The molecule has 6 fully saturated rings. The average Bonchev–Trinajstić information content (AvgIpc) is 3.58. The fraction of sp³-hybridized carbons (Fsp3) is 1.00. The molecule has 0 N–H and O–H groups in total. The molecule has 6 saturated heterocycles. The second-order valence-electron chi connectivity index (χ2n) is 8.94. The molecule has 45 heavy (non-hydrogen) atoms. The van der Waals surface area contributed by atoms with Crippen LogP contribution in [0.5, 0.6) is 0 Å². The Bertz CT molecular complexity index is 1630. The predicted molar refractivity (Wildman–Crippen MR) is 132 cm³/mol. The van der Waals surface area contributed by atoms with Crippen LogP contribution in [0.1, 0.15) is 19.3 Å². The summed E-state index contributed by atoms with van der Waals surface area (Å²) < 4.78 is 183. The summed E-state index contributed by atoms with van der Waals surface area (Å²) in [5.74, 6) is 0. The van der Waals surface area contributed by atoms with E-state index in [1.54, 1.807) is 0 Å². The third-order valence-corrected chi connectivity index (χ3v) is 11.3. The highest BCUT2D eigenvalue weighted by molar-refractivity contribution is 7.83. The Balaban J connectivity index is 0.000000154. The van der Waals surface area contributed by atoms with E-state index in [0.717, 1.165) is 0 Å². The molecule has 0 aromatic heterocycles. The zero-order valence-electron chi connectivity index (χ0n) is 22.1. The molecule has 6 aliphatic rings. The van der Waals surface area contributed by atoms with Crippen LogP contribution in [-0.4, -0.2) is 127 Å². The summed E-state index contributed by atoms with van der Waals surface area (Å²) in [5.41, 5.74) is 0. The predicted octanol–water partition coefficient (Wildman–Crippen LogP) is -3.91. The van der Waals surface area contributed by atoms with Gasteiger partial charge in [-0.2, -0.15) is 50.5 Å². The Morgan fingerprint density at radius 2 is 0.489 bits per heavy atom. The van der Waals surface area contributed by atoms with Gasteiger partial charge in [0.1, 0.15) is 36.6 Å². The molecule has 0 aromatic carbocycles. The number of hydrogen-bond acceptors (Lipinski definition) is 24. The van der Waals surface area contributed by atoms with Crippen LogP contribution in [0.3, 0.4) is 0 Å². The van der Waals surface area contributed by atoms with Gasteiger partial charge >= 0.3 is 62.4 Å². The third kappa shape index (κ3) is 11.4. The van der Waals surface area contributed by atoms with Gasteiger partial charge in [-0.15, -0.1) is 0 Å². The first kappa shape index (κ1) is 37.0. The first-order valence-electron chi connectivity index (χ1n) is 12.1. The highest BCUT2D eigenvalue weighted by atomic mass is 32.3. The standard InChI is InChI=1S/C6H10O8S2.C5H8O8S2.C4H6O8S2/c7-15(8)11-3-1-5(13-15)6-2-4-12-16(9,10)14-6;6-14(7)10-2-1-4(12-14)5-3-11-15(8,9)13-5;5-13(6)9-1-3(11-13)4-2-10-14(7,8)12-4/h5-6H,1-4H2;4-5H,1-3H2;3-4H,1-2H2. The minimum Gasteiger partial charge on any atom is -0.248 e. The van der Waals surface area contributed by atoms with E-state index in [1.807, 2.05) is 0 Å². The SMILES string of the molecule is O=S1(=O)OCC(C2COS(=O)(=O)O2)O1.O=S1(=O)OCCC(C2CCOS(=O)(=O)O2)O1.O=S1(=O)OCCC(C2COS(=O)(=O)O2)O1. The van der Waals surface area contributed by atoms with Crippen molar-refractivity contribution in [1.29, 1.82) is 0 Å². The van der Waals surface area contributed by atoms with Crippen molar-refractivity contribution in [1.82, 2.24) is 0 Å². The average molecular weight is 781 g/mol. The fourth-order valence-electron chi connectivity index (χ4n) is 3.80. The van der Waals surface area contributed by atoms with Gasteiger partial charge < -0.3 is 0 Å². The fourth-order valence-corrected chi connectivity index (χ4v) is 8.96. The van der Waals surface area contributed by atoms with Gasteiger partial charge in [-0.25, -0.2) is 50.2 Å². The summed E-state index contributed by atoms with van der Waals surface area (Å²) >= 11 is 0. The van der Waals surface area contributed by atoms with Crippen molar-refractivity contribution < 1.29 is 101 Å². The molecule has 6 unspecified atom stereocenters. The van der Waals surface area contributed by atoms with Crippen LogP contribution in [0.4, 0.5) is 0 Å². The lowest BCUT2D eigenvalue weighted by Gasteiger charge is -2.30. The summed E-state index contributed by atoms with van der Waals surface area (Å²) in [4.78, 5) is 0. The van der Waals surface area contributed by atoms with Crippen molar-refractivity contribution in [3.8, 4) is 0 Å². The van der Waals surface area contributed by atoms with E-state index in [2.05, 4.69) is 50.2 Å². The van der Waals surface area contributed by atoms with Gasteiger partial charge in [0.15, 0.2) is 0 Å². The Hall–Kier alpha value is -0.780. The van der Waals surface area contributed by atoms with Gasteiger partial charge in [-0.1, -0.05) is 0 Å². The molecule has 0 aliphatic carbocycles. The Morgan fingerprint density at radius 1 is 0.289 bits per heavy atom. The largest absolute Gasteiger partial charge is 0.400 e. The Labute approximate surface area is 257 Å². The van der Waals surface area contributed by atoms with E-state index in [0.29, 0.717) is 0 Å². The zero-order valence-corrected chi connectivity index (χ0v) is 27.0. The van der Waals surface area contributed by atoms with Crippen molar-refractivity contribution >= 4 is 62.4 Å². The Kier molecular flexibility index (Phi) is 11.5. The van der Waals surface area contributed by atoms with Crippen molar-refractivity contribution in [3.05, 3.63) is 0 Å². The molecule has 30 heteroatoms. The van der Waals surface area contributed by atoms with Crippen molar-refractivity contribution in [2.24, 2.45) is 0 Å². The molecule has 0 aromatic rings. The third-order valence-electron chi connectivity index (χ3n) is 5.71. The maximum Gasteiger partial charge on any atom is 0.400 e. The summed E-state index contributed by atoms with van der Waals surface area (Å²) in [5, 5.41) is 0.